The molecule has 0 bridgehead atoms. The Balaban J connectivity index is 1.68. The Bertz CT molecular complexity index is 1420. The Morgan fingerprint density at radius 3 is 2.56 bits per heavy atom. The minimum Gasteiger partial charge on any atom is -0.489 e. The summed E-state index contributed by atoms with van der Waals surface area (Å²) in [6.07, 6.45) is 4.09. The molecule has 0 aliphatic heterocycles. The number of rotatable bonds is 8. The minimum absolute atomic E-state index is 0.0161. The first kappa shape index (κ1) is 23.5. The highest BCUT2D eigenvalue weighted by molar-refractivity contribution is 7.90. The molecule has 0 radical (unpaired) electrons. The minimum atomic E-state index is -4.05. The molecule has 4 aromatic rings. The summed E-state index contributed by atoms with van der Waals surface area (Å²) in [6, 6.07) is 11.3. The van der Waals surface area contributed by atoms with E-state index in [0.717, 1.165) is 28.2 Å². The van der Waals surface area contributed by atoms with Gasteiger partial charge in [-0.1, -0.05) is 0 Å². The van der Waals surface area contributed by atoms with Crippen molar-refractivity contribution < 1.29 is 26.3 Å². The van der Waals surface area contributed by atoms with Crippen molar-refractivity contribution in [2.75, 3.05) is 7.05 Å². The first-order valence-electron chi connectivity index (χ1n) is 10.2. The van der Waals surface area contributed by atoms with E-state index in [0.29, 0.717) is 12.1 Å². The fourth-order valence-electron chi connectivity index (χ4n) is 3.41. The Morgan fingerprint density at radius 1 is 1.03 bits per heavy atom. The van der Waals surface area contributed by atoms with Gasteiger partial charge in [0.15, 0.2) is 0 Å². The third-order valence-corrected chi connectivity index (χ3v) is 6.69. The molecule has 4 rings (SSSR count). The van der Waals surface area contributed by atoms with Crippen molar-refractivity contribution in [2.45, 2.75) is 18.0 Å². The summed E-state index contributed by atoms with van der Waals surface area (Å²) in [5.41, 5.74) is 0.761. The van der Waals surface area contributed by atoms with Crippen LogP contribution in [0.5, 0.6) is 5.75 Å². The van der Waals surface area contributed by atoms with Crippen LogP contribution in [0.15, 0.2) is 78.1 Å². The van der Waals surface area contributed by atoms with Crippen molar-refractivity contribution in [3.05, 3.63) is 102 Å². The fraction of sp³-hybridized carbons (Fsp3) is 0.125. The van der Waals surface area contributed by atoms with Gasteiger partial charge in [-0.25, -0.2) is 25.6 Å². The SMILES string of the molecule is CNCc1cc(-c2ccc(OCc3cc(F)ccc3F)cc2F)n(S(=O)(=O)c2cccnc2)c1. The molecule has 0 unspecified atom stereocenters. The maximum atomic E-state index is 15.1. The molecule has 176 valence electrons. The first-order valence-corrected chi connectivity index (χ1v) is 11.6. The number of pyridine rings is 1. The van der Waals surface area contributed by atoms with E-state index < -0.39 is 27.5 Å². The predicted octanol–water partition coefficient (Wildman–Crippen LogP) is 4.50. The van der Waals surface area contributed by atoms with Gasteiger partial charge in [0.2, 0.25) is 0 Å². The van der Waals surface area contributed by atoms with E-state index in [2.05, 4.69) is 10.3 Å². The third-order valence-electron chi connectivity index (χ3n) is 5.03. The van der Waals surface area contributed by atoms with Gasteiger partial charge < -0.3 is 10.1 Å². The van der Waals surface area contributed by atoms with Crippen LogP contribution in [-0.4, -0.2) is 24.4 Å². The smallest absolute Gasteiger partial charge is 0.269 e. The van der Waals surface area contributed by atoms with Gasteiger partial charge in [0.1, 0.15) is 34.7 Å². The number of benzene rings is 2. The van der Waals surface area contributed by atoms with Gasteiger partial charge in [0.25, 0.3) is 10.0 Å². The number of hydrogen-bond donors (Lipinski definition) is 1. The van der Waals surface area contributed by atoms with E-state index in [-0.39, 0.29) is 34.1 Å². The van der Waals surface area contributed by atoms with Gasteiger partial charge in [-0.2, -0.15) is 0 Å². The molecule has 0 atom stereocenters. The second-order valence-corrected chi connectivity index (χ2v) is 9.23. The number of nitrogens with zero attached hydrogens (tertiary/aromatic N) is 2. The van der Waals surface area contributed by atoms with Crippen molar-refractivity contribution in [2.24, 2.45) is 0 Å². The Hall–Kier alpha value is -3.63. The number of aromatic nitrogens is 2. The third kappa shape index (κ3) is 4.82. The second-order valence-electron chi connectivity index (χ2n) is 7.42. The normalized spacial score (nSPS) is 11.5. The van der Waals surface area contributed by atoms with Gasteiger partial charge in [0.05, 0.1) is 5.69 Å². The summed E-state index contributed by atoms with van der Waals surface area (Å²) in [6.45, 7) is 0.0605. The highest BCUT2D eigenvalue weighted by atomic mass is 32.2. The summed E-state index contributed by atoms with van der Waals surface area (Å²) in [5.74, 6) is -1.92. The van der Waals surface area contributed by atoms with E-state index >= 15 is 4.39 Å². The second kappa shape index (κ2) is 9.70. The molecule has 2 heterocycles. The standard InChI is InChI=1S/C24H20F3N3O3S/c1-28-12-16-9-24(30(14-16)34(31,32)20-3-2-8-29-13-20)21-6-5-19(11-23(21)27)33-15-17-10-18(25)4-7-22(17)26/h2-11,13-14,28H,12,15H2,1H3. The number of halogens is 3. The Morgan fingerprint density at radius 2 is 1.85 bits per heavy atom. The average Bonchev–Trinajstić information content (AvgIpc) is 3.25. The van der Waals surface area contributed by atoms with Gasteiger partial charge in [0, 0.05) is 42.3 Å². The molecule has 10 heteroatoms. The quantitative estimate of drug-likeness (QED) is 0.396. The van der Waals surface area contributed by atoms with Crippen molar-refractivity contribution in [1.29, 1.82) is 0 Å². The molecule has 0 aliphatic carbocycles. The number of nitrogens with one attached hydrogen (secondary N) is 1. The lowest BCUT2D eigenvalue weighted by atomic mass is 10.1. The highest BCUT2D eigenvalue weighted by Crippen LogP contribution is 2.31. The molecular weight excluding hydrogens is 467 g/mol. The zero-order valence-electron chi connectivity index (χ0n) is 18.0. The molecule has 0 amide bonds. The summed E-state index contributed by atoms with van der Waals surface area (Å²) < 4.78 is 75.2. The number of hydrogen-bond acceptors (Lipinski definition) is 5. The fourth-order valence-corrected chi connectivity index (χ4v) is 4.77. The summed E-state index contributed by atoms with van der Waals surface area (Å²) >= 11 is 0. The van der Waals surface area contributed by atoms with Crippen LogP contribution in [0.2, 0.25) is 0 Å². The average molecular weight is 488 g/mol. The molecular formula is C24H20F3N3O3S. The van der Waals surface area contributed by atoms with Crippen LogP contribution in [0.4, 0.5) is 13.2 Å². The van der Waals surface area contributed by atoms with Crippen molar-refractivity contribution >= 4 is 10.0 Å². The zero-order valence-corrected chi connectivity index (χ0v) is 18.8. The van der Waals surface area contributed by atoms with E-state index in [1.807, 2.05) is 0 Å². The summed E-state index contributed by atoms with van der Waals surface area (Å²) in [5, 5.41) is 2.94. The van der Waals surface area contributed by atoms with Crippen LogP contribution in [0, 0.1) is 17.5 Å². The van der Waals surface area contributed by atoms with E-state index in [1.54, 1.807) is 13.1 Å². The highest BCUT2D eigenvalue weighted by Gasteiger charge is 2.23. The van der Waals surface area contributed by atoms with Crippen LogP contribution in [-0.2, 0) is 23.2 Å². The molecule has 2 aromatic heterocycles. The van der Waals surface area contributed by atoms with E-state index in [9.17, 15) is 17.2 Å². The molecule has 0 saturated carbocycles. The van der Waals surface area contributed by atoms with E-state index in [1.165, 1.54) is 42.9 Å². The lowest BCUT2D eigenvalue weighted by Crippen LogP contribution is -2.14. The topological polar surface area (TPSA) is 73.2 Å². The molecule has 0 saturated heterocycles. The Labute approximate surface area is 194 Å². The zero-order chi connectivity index (χ0) is 24.3. The van der Waals surface area contributed by atoms with Crippen LogP contribution in [0.3, 0.4) is 0 Å². The maximum absolute atomic E-state index is 15.1. The molecule has 0 spiro atoms. The van der Waals surface area contributed by atoms with Crippen LogP contribution in [0.1, 0.15) is 11.1 Å². The molecule has 2 aromatic carbocycles. The van der Waals surface area contributed by atoms with Crippen molar-refractivity contribution in [3.8, 4) is 17.0 Å². The first-order chi connectivity index (χ1) is 16.3. The largest absolute Gasteiger partial charge is 0.489 e. The van der Waals surface area contributed by atoms with Gasteiger partial charge in [-0.3, -0.25) is 4.98 Å². The lowest BCUT2D eigenvalue weighted by Gasteiger charge is -2.12. The molecule has 6 nitrogen and oxygen atoms in total. The Kier molecular flexibility index (Phi) is 6.71. The predicted molar refractivity (Wildman–Crippen MR) is 120 cm³/mol. The molecule has 0 aliphatic rings. The van der Waals surface area contributed by atoms with Crippen LogP contribution >= 0.6 is 0 Å². The molecule has 0 fully saturated rings. The monoisotopic (exact) mass is 487 g/mol. The van der Waals surface area contributed by atoms with Gasteiger partial charge >= 0.3 is 0 Å². The maximum Gasteiger partial charge on any atom is 0.269 e. The molecule has 1 N–H and O–H groups in total. The van der Waals surface area contributed by atoms with Crippen molar-refractivity contribution in [3.63, 3.8) is 0 Å². The van der Waals surface area contributed by atoms with Gasteiger partial charge in [-0.05, 0) is 61.1 Å². The van der Waals surface area contributed by atoms with Gasteiger partial charge in [-0.15, -0.1) is 0 Å². The molecule has 34 heavy (non-hydrogen) atoms. The van der Waals surface area contributed by atoms with E-state index in [4.69, 9.17) is 4.74 Å². The summed E-state index contributed by atoms with van der Waals surface area (Å²) in [7, 11) is -2.34. The summed E-state index contributed by atoms with van der Waals surface area (Å²) in [4.78, 5) is 3.82. The van der Waals surface area contributed by atoms with Crippen LogP contribution < -0.4 is 10.1 Å². The van der Waals surface area contributed by atoms with Crippen LogP contribution in [0.25, 0.3) is 11.3 Å². The lowest BCUT2D eigenvalue weighted by molar-refractivity contribution is 0.297. The number of ether oxygens (including phenoxy) is 1. The van der Waals surface area contributed by atoms with Crippen molar-refractivity contribution in [1.82, 2.24) is 14.3 Å².